The van der Waals surface area contributed by atoms with Crippen LogP contribution in [0.2, 0.25) is 0 Å². The summed E-state index contributed by atoms with van der Waals surface area (Å²) in [5.41, 5.74) is 0.507. The smallest absolute Gasteiger partial charge is 0.275 e. The molecular weight excluding hydrogens is 302 g/mol. The summed E-state index contributed by atoms with van der Waals surface area (Å²) in [5, 5.41) is 8.13. The van der Waals surface area contributed by atoms with Crippen molar-refractivity contribution in [1.29, 1.82) is 0 Å². The molecule has 1 saturated carbocycles. The summed E-state index contributed by atoms with van der Waals surface area (Å²) < 4.78 is 1.32. The number of aryl methyl sites for hydroxylation is 1. The molecule has 0 aromatic carbocycles. The fraction of sp³-hybridized carbons (Fsp3) is 0.571. The lowest BCUT2D eigenvalue weighted by Gasteiger charge is -2.22. The molecule has 0 spiro atoms. The van der Waals surface area contributed by atoms with Gasteiger partial charge in [-0.2, -0.15) is 4.52 Å². The first-order valence-electron chi connectivity index (χ1n) is 7.56. The van der Waals surface area contributed by atoms with Crippen LogP contribution in [0, 0.1) is 6.92 Å². The van der Waals surface area contributed by atoms with E-state index in [1.807, 2.05) is 4.90 Å². The number of nitrogens with zero attached hydrogens (tertiary/aromatic N) is 4. The average Bonchev–Trinajstić information content (AvgIpc) is 3.00. The second-order valence-electron chi connectivity index (χ2n) is 5.95. The molecule has 2 aliphatic rings. The lowest BCUT2D eigenvalue weighted by molar-refractivity contribution is -0.122. The van der Waals surface area contributed by atoms with Crippen molar-refractivity contribution in [1.82, 2.24) is 19.9 Å². The number of amides is 1. The molecule has 1 amide bonds. The van der Waals surface area contributed by atoms with Gasteiger partial charge < -0.3 is 10.2 Å². The van der Waals surface area contributed by atoms with Gasteiger partial charge in [-0.25, -0.2) is 4.98 Å². The summed E-state index contributed by atoms with van der Waals surface area (Å²) in [7, 11) is 0. The van der Waals surface area contributed by atoms with E-state index >= 15 is 0 Å². The number of fused-ring (bicyclic) bond motifs is 1. The van der Waals surface area contributed by atoms with Crippen molar-refractivity contribution in [3.8, 4) is 0 Å². The van der Waals surface area contributed by atoms with Gasteiger partial charge in [-0.1, -0.05) is 11.3 Å². The van der Waals surface area contributed by atoms with Crippen LogP contribution in [0.25, 0.3) is 4.96 Å². The van der Waals surface area contributed by atoms with E-state index in [0.29, 0.717) is 21.8 Å². The number of anilines is 1. The third-order valence-corrected chi connectivity index (χ3v) is 5.03. The van der Waals surface area contributed by atoms with Crippen LogP contribution in [0.5, 0.6) is 0 Å². The Kier molecular flexibility index (Phi) is 3.14. The lowest BCUT2D eigenvalue weighted by atomic mass is 10.2. The van der Waals surface area contributed by atoms with Crippen LogP contribution in [0.15, 0.2) is 10.9 Å². The minimum absolute atomic E-state index is 0.0794. The van der Waals surface area contributed by atoms with E-state index in [-0.39, 0.29) is 17.5 Å². The Bertz CT molecular complexity index is 794. The van der Waals surface area contributed by atoms with Gasteiger partial charge in [0.2, 0.25) is 16.0 Å². The molecule has 2 fully saturated rings. The second kappa shape index (κ2) is 5.05. The van der Waals surface area contributed by atoms with Gasteiger partial charge in [0.1, 0.15) is 6.04 Å². The zero-order valence-corrected chi connectivity index (χ0v) is 13.1. The molecule has 3 heterocycles. The highest BCUT2D eigenvalue weighted by Crippen LogP contribution is 2.30. The van der Waals surface area contributed by atoms with Crippen molar-refractivity contribution < 1.29 is 4.79 Å². The molecule has 2 aromatic heterocycles. The standard InChI is InChI=1S/C14H17N5O2S/c1-8-7-11(20)19-13(15-8)22-14(17-19)18-6-2-3-10(18)12(21)16-9-4-5-9/h7,9-10H,2-6H2,1H3,(H,16,21)/t10-/m1/s1. The summed E-state index contributed by atoms with van der Waals surface area (Å²) in [6.07, 6.45) is 3.95. The van der Waals surface area contributed by atoms with Gasteiger partial charge in [0, 0.05) is 24.3 Å². The lowest BCUT2D eigenvalue weighted by Crippen LogP contribution is -2.44. The van der Waals surface area contributed by atoms with E-state index in [9.17, 15) is 9.59 Å². The van der Waals surface area contributed by atoms with Crippen LogP contribution < -0.4 is 15.8 Å². The number of rotatable bonds is 3. The van der Waals surface area contributed by atoms with Gasteiger partial charge in [0.05, 0.1) is 0 Å². The van der Waals surface area contributed by atoms with Crippen molar-refractivity contribution in [2.75, 3.05) is 11.4 Å². The highest BCUT2D eigenvalue weighted by Gasteiger charge is 2.35. The molecule has 116 valence electrons. The van der Waals surface area contributed by atoms with Gasteiger partial charge in [-0.3, -0.25) is 9.59 Å². The van der Waals surface area contributed by atoms with E-state index in [0.717, 1.165) is 32.2 Å². The third kappa shape index (κ3) is 2.37. The highest BCUT2D eigenvalue weighted by atomic mass is 32.1. The molecule has 0 unspecified atom stereocenters. The molecule has 1 N–H and O–H groups in total. The van der Waals surface area contributed by atoms with E-state index in [2.05, 4.69) is 15.4 Å². The monoisotopic (exact) mass is 319 g/mol. The maximum atomic E-state index is 12.4. The predicted molar refractivity (Wildman–Crippen MR) is 83.4 cm³/mol. The first kappa shape index (κ1) is 13.7. The summed E-state index contributed by atoms with van der Waals surface area (Å²) in [5.74, 6) is 0.0794. The summed E-state index contributed by atoms with van der Waals surface area (Å²) in [6.45, 7) is 2.58. The van der Waals surface area contributed by atoms with E-state index in [1.165, 1.54) is 21.9 Å². The van der Waals surface area contributed by atoms with Crippen LogP contribution in [-0.4, -0.2) is 39.1 Å². The quantitative estimate of drug-likeness (QED) is 0.901. The van der Waals surface area contributed by atoms with Crippen LogP contribution in [0.4, 0.5) is 5.13 Å². The molecule has 1 atom stereocenters. The minimum Gasteiger partial charge on any atom is -0.352 e. The van der Waals surface area contributed by atoms with E-state index in [4.69, 9.17) is 0 Å². The van der Waals surface area contributed by atoms with Gasteiger partial charge in [0.15, 0.2) is 0 Å². The molecule has 1 aliphatic carbocycles. The molecule has 1 aliphatic heterocycles. The molecule has 7 nitrogen and oxygen atoms in total. The largest absolute Gasteiger partial charge is 0.352 e. The Morgan fingerprint density at radius 2 is 2.23 bits per heavy atom. The summed E-state index contributed by atoms with van der Waals surface area (Å²) in [4.78, 5) is 31.3. The number of carbonyl (C=O) groups is 1. The highest BCUT2D eigenvalue weighted by molar-refractivity contribution is 7.20. The number of aromatic nitrogens is 3. The van der Waals surface area contributed by atoms with Crippen molar-refractivity contribution in [3.05, 3.63) is 22.1 Å². The Morgan fingerprint density at radius 1 is 1.41 bits per heavy atom. The minimum atomic E-state index is -0.182. The summed E-state index contributed by atoms with van der Waals surface area (Å²) >= 11 is 1.37. The van der Waals surface area contributed by atoms with Crippen LogP contribution in [-0.2, 0) is 4.79 Å². The molecule has 0 bridgehead atoms. The first-order chi connectivity index (χ1) is 10.6. The predicted octanol–water partition coefficient (Wildman–Crippen LogP) is 0.707. The maximum Gasteiger partial charge on any atom is 0.275 e. The van der Waals surface area contributed by atoms with Crippen molar-refractivity contribution in [2.45, 2.75) is 44.7 Å². The number of nitrogens with one attached hydrogen (secondary N) is 1. The van der Waals surface area contributed by atoms with Crippen molar-refractivity contribution in [2.24, 2.45) is 0 Å². The molecule has 1 saturated heterocycles. The van der Waals surface area contributed by atoms with Gasteiger partial charge >= 0.3 is 0 Å². The van der Waals surface area contributed by atoms with E-state index in [1.54, 1.807) is 6.92 Å². The van der Waals surface area contributed by atoms with Crippen LogP contribution >= 0.6 is 11.3 Å². The number of hydrogen-bond donors (Lipinski definition) is 1. The molecule has 8 heteroatoms. The van der Waals surface area contributed by atoms with Gasteiger partial charge in [-0.05, 0) is 32.6 Å². The fourth-order valence-corrected chi connectivity index (χ4v) is 3.85. The Morgan fingerprint density at radius 3 is 3.00 bits per heavy atom. The average molecular weight is 319 g/mol. The zero-order valence-electron chi connectivity index (χ0n) is 12.3. The molecule has 0 radical (unpaired) electrons. The summed E-state index contributed by atoms with van der Waals surface area (Å²) in [6, 6.07) is 1.65. The van der Waals surface area contributed by atoms with Crippen LogP contribution in [0.3, 0.4) is 0 Å². The number of hydrogen-bond acceptors (Lipinski definition) is 6. The van der Waals surface area contributed by atoms with Gasteiger partial charge in [-0.15, -0.1) is 5.10 Å². The first-order valence-corrected chi connectivity index (χ1v) is 8.38. The molecule has 2 aromatic rings. The topological polar surface area (TPSA) is 79.6 Å². The van der Waals surface area contributed by atoms with E-state index < -0.39 is 0 Å². The molecule has 4 rings (SSSR count). The molecule has 22 heavy (non-hydrogen) atoms. The van der Waals surface area contributed by atoms with Crippen molar-refractivity contribution >= 4 is 27.3 Å². The molecular formula is C14H17N5O2S. The normalized spacial score (nSPS) is 21.5. The third-order valence-electron chi connectivity index (χ3n) is 4.09. The Hall–Kier alpha value is -1.96. The fourth-order valence-electron chi connectivity index (χ4n) is 2.82. The SMILES string of the molecule is Cc1cc(=O)n2nc(N3CCC[C@@H]3C(=O)NC3CC3)sc2n1. The number of carbonyl (C=O) groups excluding carboxylic acids is 1. The van der Waals surface area contributed by atoms with Crippen molar-refractivity contribution in [3.63, 3.8) is 0 Å². The van der Waals surface area contributed by atoms with Gasteiger partial charge in [0.25, 0.3) is 5.56 Å². The zero-order chi connectivity index (χ0) is 15.3. The van der Waals surface area contributed by atoms with Crippen LogP contribution in [0.1, 0.15) is 31.4 Å². The second-order valence-corrected chi connectivity index (χ2v) is 6.88. The Labute approximate surface area is 131 Å². The maximum absolute atomic E-state index is 12.4. The Balaban J connectivity index is 1.66.